The number of hydrogen-bond donors (Lipinski definition) is 1. The van der Waals surface area contributed by atoms with Crippen molar-refractivity contribution in [2.45, 2.75) is 20.3 Å². The fourth-order valence-corrected chi connectivity index (χ4v) is 2.78. The Kier molecular flexibility index (Phi) is 6.38. The third-order valence-corrected chi connectivity index (χ3v) is 4.37. The van der Waals surface area contributed by atoms with Gasteiger partial charge in [0, 0.05) is 51.6 Å². The highest BCUT2D eigenvalue weighted by molar-refractivity contribution is 5.95. The number of carbonyl (C=O) groups excluding carboxylic acids is 3. The monoisotopic (exact) mass is 347 g/mol. The van der Waals surface area contributed by atoms with E-state index in [1.54, 1.807) is 29.0 Å². The van der Waals surface area contributed by atoms with Crippen molar-refractivity contribution >= 4 is 17.7 Å². The molecule has 0 aromatic heterocycles. The summed E-state index contributed by atoms with van der Waals surface area (Å²) in [4.78, 5) is 39.1. The number of nitrogens with one attached hydrogen (secondary N) is 1. The summed E-state index contributed by atoms with van der Waals surface area (Å²) in [6.45, 7) is 5.94. The van der Waals surface area contributed by atoms with Crippen LogP contribution in [-0.2, 0) is 9.59 Å². The Morgan fingerprint density at radius 1 is 1.12 bits per heavy atom. The third-order valence-electron chi connectivity index (χ3n) is 4.37. The molecule has 3 amide bonds. The Labute approximate surface area is 147 Å². The van der Waals surface area contributed by atoms with Gasteiger partial charge in [-0.05, 0) is 24.6 Å². The van der Waals surface area contributed by atoms with Gasteiger partial charge in [-0.3, -0.25) is 14.4 Å². The van der Waals surface area contributed by atoms with Gasteiger partial charge in [-0.2, -0.15) is 0 Å². The third kappa shape index (κ3) is 4.95. The summed E-state index contributed by atoms with van der Waals surface area (Å²) in [6.07, 6.45) is 0.245. The first-order valence-corrected chi connectivity index (χ1v) is 8.38. The van der Waals surface area contributed by atoms with Crippen LogP contribution in [-0.4, -0.2) is 67.4 Å². The molecule has 1 N–H and O–H groups in total. The van der Waals surface area contributed by atoms with Crippen molar-refractivity contribution in [2.75, 3.05) is 39.8 Å². The largest absolute Gasteiger partial charge is 0.496 e. The number of methoxy groups -OCH3 is 1. The van der Waals surface area contributed by atoms with Crippen LogP contribution in [0, 0.1) is 6.92 Å². The number of nitrogens with zero attached hydrogens (tertiary/aromatic N) is 2. The average Bonchev–Trinajstić information content (AvgIpc) is 2.61. The second-order valence-corrected chi connectivity index (χ2v) is 6.08. The molecule has 2 rings (SSSR count). The van der Waals surface area contributed by atoms with E-state index in [9.17, 15) is 14.4 Å². The van der Waals surface area contributed by atoms with Crippen molar-refractivity contribution < 1.29 is 19.1 Å². The van der Waals surface area contributed by atoms with Crippen LogP contribution in [0.25, 0.3) is 0 Å². The van der Waals surface area contributed by atoms with E-state index in [2.05, 4.69) is 5.32 Å². The van der Waals surface area contributed by atoms with E-state index in [4.69, 9.17) is 4.74 Å². The normalized spacial score (nSPS) is 14.2. The second kappa shape index (κ2) is 8.50. The van der Waals surface area contributed by atoms with E-state index in [-0.39, 0.29) is 30.7 Å². The minimum atomic E-state index is -0.229. The van der Waals surface area contributed by atoms with Crippen molar-refractivity contribution in [3.8, 4) is 5.75 Å². The Bertz CT molecular complexity index is 652. The Hall–Kier alpha value is -2.57. The van der Waals surface area contributed by atoms with Crippen molar-refractivity contribution in [2.24, 2.45) is 0 Å². The summed E-state index contributed by atoms with van der Waals surface area (Å²) in [6, 6.07) is 5.25. The molecule has 1 aliphatic rings. The SMILES string of the molecule is COc1cc(C(=O)NCCC(=O)N2CCN(C(C)=O)CC2)ccc1C. The number of carbonyl (C=O) groups is 3. The van der Waals surface area contributed by atoms with Crippen molar-refractivity contribution in [1.82, 2.24) is 15.1 Å². The summed E-state index contributed by atoms with van der Waals surface area (Å²) < 4.78 is 5.21. The lowest BCUT2D eigenvalue weighted by Gasteiger charge is -2.34. The Morgan fingerprint density at radius 2 is 1.76 bits per heavy atom. The number of benzene rings is 1. The zero-order valence-corrected chi connectivity index (χ0v) is 15.0. The first-order chi connectivity index (χ1) is 11.9. The highest BCUT2D eigenvalue weighted by atomic mass is 16.5. The topological polar surface area (TPSA) is 79.0 Å². The minimum absolute atomic E-state index is 0.00927. The van der Waals surface area contributed by atoms with E-state index in [1.807, 2.05) is 13.0 Å². The van der Waals surface area contributed by atoms with Crippen LogP contribution in [0.2, 0.25) is 0 Å². The fraction of sp³-hybridized carbons (Fsp3) is 0.500. The van der Waals surface area contributed by atoms with Crippen LogP contribution in [0.15, 0.2) is 18.2 Å². The number of aryl methyl sites for hydroxylation is 1. The van der Waals surface area contributed by atoms with Crippen LogP contribution in [0.3, 0.4) is 0 Å². The van der Waals surface area contributed by atoms with Crippen molar-refractivity contribution in [3.05, 3.63) is 29.3 Å². The predicted molar refractivity (Wildman–Crippen MR) is 93.5 cm³/mol. The number of hydrogen-bond acceptors (Lipinski definition) is 4. The highest BCUT2D eigenvalue weighted by Gasteiger charge is 2.22. The molecular formula is C18H25N3O4. The smallest absolute Gasteiger partial charge is 0.251 e. The van der Waals surface area contributed by atoms with E-state index in [0.29, 0.717) is 37.5 Å². The van der Waals surface area contributed by atoms with Gasteiger partial charge < -0.3 is 19.9 Å². The number of ether oxygens (including phenoxy) is 1. The molecule has 0 aliphatic carbocycles. The van der Waals surface area contributed by atoms with Crippen LogP contribution >= 0.6 is 0 Å². The summed E-state index contributed by atoms with van der Waals surface area (Å²) in [5.41, 5.74) is 1.46. The summed E-state index contributed by atoms with van der Waals surface area (Å²) in [5.74, 6) is 0.456. The molecule has 1 aromatic rings. The quantitative estimate of drug-likeness (QED) is 0.855. The molecule has 0 spiro atoms. The maximum absolute atomic E-state index is 12.2. The molecule has 25 heavy (non-hydrogen) atoms. The minimum Gasteiger partial charge on any atom is -0.496 e. The molecule has 7 nitrogen and oxygen atoms in total. The fourth-order valence-electron chi connectivity index (χ4n) is 2.78. The Morgan fingerprint density at radius 3 is 2.36 bits per heavy atom. The molecule has 1 aliphatic heterocycles. The maximum Gasteiger partial charge on any atom is 0.251 e. The molecule has 136 valence electrons. The summed E-state index contributed by atoms with van der Waals surface area (Å²) >= 11 is 0. The van der Waals surface area contributed by atoms with Gasteiger partial charge >= 0.3 is 0 Å². The second-order valence-electron chi connectivity index (χ2n) is 6.08. The van der Waals surface area contributed by atoms with Crippen molar-refractivity contribution in [3.63, 3.8) is 0 Å². The highest BCUT2D eigenvalue weighted by Crippen LogP contribution is 2.18. The van der Waals surface area contributed by atoms with Crippen LogP contribution in [0.4, 0.5) is 0 Å². The molecule has 1 heterocycles. The molecule has 1 fully saturated rings. The van der Waals surface area contributed by atoms with Gasteiger partial charge in [-0.1, -0.05) is 6.07 Å². The number of rotatable bonds is 5. The first-order valence-electron chi connectivity index (χ1n) is 8.38. The van der Waals surface area contributed by atoms with E-state index >= 15 is 0 Å². The van der Waals surface area contributed by atoms with Crippen molar-refractivity contribution in [1.29, 1.82) is 0 Å². The molecule has 0 unspecified atom stereocenters. The summed E-state index contributed by atoms with van der Waals surface area (Å²) in [5, 5.41) is 2.76. The molecule has 0 saturated carbocycles. The van der Waals surface area contributed by atoms with Gasteiger partial charge in [0.15, 0.2) is 0 Å². The molecule has 0 bridgehead atoms. The van der Waals surface area contributed by atoms with Crippen LogP contribution in [0.1, 0.15) is 29.3 Å². The lowest BCUT2D eigenvalue weighted by molar-refractivity contribution is -0.138. The van der Waals surface area contributed by atoms with Gasteiger partial charge in [-0.15, -0.1) is 0 Å². The number of amides is 3. The zero-order valence-electron chi connectivity index (χ0n) is 15.0. The van der Waals surface area contributed by atoms with E-state index < -0.39 is 0 Å². The molecule has 1 aromatic carbocycles. The standard InChI is InChI=1S/C18H25N3O4/c1-13-4-5-15(12-16(13)25-3)18(24)19-7-6-17(23)21-10-8-20(9-11-21)14(2)22/h4-5,12H,6-11H2,1-3H3,(H,19,24). The van der Waals surface area contributed by atoms with Gasteiger partial charge in [0.05, 0.1) is 7.11 Å². The molecule has 7 heteroatoms. The van der Waals surface area contributed by atoms with Crippen LogP contribution in [0.5, 0.6) is 5.75 Å². The summed E-state index contributed by atoms with van der Waals surface area (Å²) in [7, 11) is 1.56. The molecule has 1 saturated heterocycles. The van der Waals surface area contributed by atoms with Crippen LogP contribution < -0.4 is 10.1 Å². The lowest BCUT2D eigenvalue weighted by atomic mass is 10.1. The predicted octanol–water partition coefficient (Wildman–Crippen LogP) is 0.814. The lowest BCUT2D eigenvalue weighted by Crippen LogP contribution is -2.50. The van der Waals surface area contributed by atoms with Gasteiger partial charge in [0.2, 0.25) is 11.8 Å². The first kappa shape index (κ1) is 18.8. The van der Waals surface area contributed by atoms with Gasteiger partial charge in [0.25, 0.3) is 5.91 Å². The number of piperazine rings is 1. The molecular weight excluding hydrogens is 322 g/mol. The van der Waals surface area contributed by atoms with Gasteiger partial charge in [-0.25, -0.2) is 0 Å². The van der Waals surface area contributed by atoms with Gasteiger partial charge in [0.1, 0.15) is 5.75 Å². The zero-order chi connectivity index (χ0) is 18.4. The van der Waals surface area contributed by atoms with E-state index in [0.717, 1.165) is 5.56 Å². The molecule has 0 radical (unpaired) electrons. The Balaban J connectivity index is 1.77. The maximum atomic E-state index is 12.2. The molecule has 0 atom stereocenters. The van der Waals surface area contributed by atoms with E-state index in [1.165, 1.54) is 6.92 Å². The average molecular weight is 347 g/mol.